The lowest BCUT2D eigenvalue weighted by Gasteiger charge is -2.30. The van der Waals surface area contributed by atoms with Gasteiger partial charge < -0.3 is 9.42 Å². The molecule has 33 heavy (non-hydrogen) atoms. The average molecular weight is 469 g/mol. The number of benzene rings is 1. The van der Waals surface area contributed by atoms with E-state index < -0.39 is 10.0 Å². The lowest BCUT2D eigenvalue weighted by Crippen LogP contribution is -2.38. The molecule has 0 fully saturated rings. The van der Waals surface area contributed by atoms with Gasteiger partial charge >= 0.3 is 0 Å². The number of aryl methyl sites for hydroxylation is 3. The van der Waals surface area contributed by atoms with Crippen molar-refractivity contribution in [3.05, 3.63) is 81.5 Å². The molecule has 0 unspecified atom stereocenters. The van der Waals surface area contributed by atoms with Crippen LogP contribution in [0.3, 0.4) is 0 Å². The van der Waals surface area contributed by atoms with Gasteiger partial charge in [0.05, 0.1) is 17.9 Å². The maximum Gasteiger partial charge on any atom is 0.227 e. The van der Waals surface area contributed by atoms with Gasteiger partial charge in [-0.15, -0.1) is 0 Å². The summed E-state index contributed by atoms with van der Waals surface area (Å²) >= 11 is 0. The number of nitrogens with zero attached hydrogens (tertiary/aromatic N) is 3. The molecule has 8 nitrogen and oxygen atoms in total. The highest BCUT2D eigenvalue weighted by atomic mass is 32.2. The van der Waals surface area contributed by atoms with Crippen LogP contribution in [0.5, 0.6) is 0 Å². The van der Waals surface area contributed by atoms with Crippen LogP contribution in [-0.4, -0.2) is 35.9 Å². The molecule has 1 aliphatic rings. The summed E-state index contributed by atoms with van der Waals surface area (Å²) in [7, 11) is -3.49. The Labute approximate surface area is 194 Å². The third-order valence-electron chi connectivity index (χ3n) is 6.13. The molecule has 0 bridgehead atoms. The third kappa shape index (κ3) is 5.31. The molecule has 3 heterocycles. The van der Waals surface area contributed by atoms with Crippen molar-refractivity contribution in [3.8, 4) is 0 Å². The van der Waals surface area contributed by atoms with E-state index in [9.17, 15) is 13.2 Å². The largest absolute Gasteiger partial charge is 0.361 e. The van der Waals surface area contributed by atoms with Gasteiger partial charge in [0, 0.05) is 37.1 Å². The van der Waals surface area contributed by atoms with Crippen LogP contribution in [0, 0.1) is 20.8 Å². The van der Waals surface area contributed by atoms with Crippen LogP contribution < -0.4 is 4.72 Å². The lowest BCUT2D eigenvalue weighted by atomic mass is 9.94. The fourth-order valence-corrected chi connectivity index (χ4v) is 5.31. The van der Waals surface area contributed by atoms with E-state index in [2.05, 4.69) is 14.9 Å². The first-order valence-corrected chi connectivity index (χ1v) is 12.6. The molecule has 4 rings (SSSR count). The van der Waals surface area contributed by atoms with Crippen molar-refractivity contribution < 1.29 is 17.7 Å². The number of carbonyl (C=O) groups excluding carboxylic acids is 1. The summed E-state index contributed by atoms with van der Waals surface area (Å²) in [5, 5.41) is 3.93. The second-order valence-corrected chi connectivity index (χ2v) is 10.2. The molecule has 174 valence electrons. The van der Waals surface area contributed by atoms with Crippen molar-refractivity contribution in [1.29, 1.82) is 0 Å². The summed E-state index contributed by atoms with van der Waals surface area (Å²) in [5.74, 6) is 0.612. The molecular weight excluding hydrogens is 440 g/mol. The summed E-state index contributed by atoms with van der Waals surface area (Å²) in [5.41, 5.74) is 6.03. The molecule has 1 aliphatic heterocycles. The second-order valence-electron chi connectivity index (χ2n) is 8.44. The molecule has 9 heteroatoms. The van der Waals surface area contributed by atoms with Gasteiger partial charge in [0.1, 0.15) is 5.76 Å². The molecule has 1 N–H and O–H groups in total. The number of fused-ring (bicyclic) bond motifs is 1. The number of amides is 1. The van der Waals surface area contributed by atoms with Gasteiger partial charge in [0.25, 0.3) is 0 Å². The van der Waals surface area contributed by atoms with E-state index >= 15 is 0 Å². The summed E-state index contributed by atoms with van der Waals surface area (Å²) in [4.78, 5) is 19.2. The third-order valence-corrected chi connectivity index (χ3v) is 7.42. The van der Waals surface area contributed by atoms with Crippen molar-refractivity contribution in [2.24, 2.45) is 0 Å². The van der Waals surface area contributed by atoms with Gasteiger partial charge in [-0.2, -0.15) is 0 Å². The first-order chi connectivity index (χ1) is 15.7. The first kappa shape index (κ1) is 23.1. The van der Waals surface area contributed by atoms with E-state index in [0.717, 1.165) is 39.2 Å². The van der Waals surface area contributed by atoms with E-state index in [1.54, 1.807) is 18.3 Å². The van der Waals surface area contributed by atoms with E-state index in [0.29, 0.717) is 25.3 Å². The fraction of sp³-hybridized carbons (Fsp3) is 0.375. The number of carbonyl (C=O) groups is 1. The molecule has 0 saturated carbocycles. The van der Waals surface area contributed by atoms with Crippen molar-refractivity contribution in [2.75, 3.05) is 6.54 Å². The van der Waals surface area contributed by atoms with E-state index in [1.165, 1.54) is 0 Å². The topological polar surface area (TPSA) is 105 Å². The van der Waals surface area contributed by atoms with Crippen molar-refractivity contribution in [1.82, 2.24) is 19.8 Å². The fourth-order valence-electron chi connectivity index (χ4n) is 4.21. The van der Waals surface area contributed by atoms with Gasteiger partial charge in [0.15, 0.2) is 0 Å². The predicted molar refractivity (Wildman–Crippen MR) is 124 cm³/mol. The molecule has 0 saturated heterocycles. The van der Waals surface area contributed by atoms with Crippen LogP contribution in [0.2, 0.25) is 0 Å². The minimum atomic E-state index is -3.49. The molecule has 1 amide bonds. The van der Waals surface area contributed by atoms with Gasteiger partial charge in [-0.3, -0.25) is 9.78 Å². The Morgan fingerprint density at radius 1 is 1.12 bits per heavy atom. The van der Waals surface area contributed by atoms with Gasteiger partial charge in [0.2, 0.25) is 15.9 Å². The molecular formula is C24H28N4O4S. The molecule has 0 atom stereocenters. The Kier molecular flexibility index (Phi) is 6.62. The minimum Gasteiger partial charge on any atom is -0.361 e. The van der Waals surface area contributed by atoms with Crippen LogP contribution in [-0.2, 0) is 46.5 Å². The summed E-state index contributed by atoms with van der Waals surface area (Å²) < 4.78 is 33.1. The maximum atomic E-state index is 12.9. The number of rotatable bonds is 7. The Morgan fingerprint density at radius 2 is 1.88 bits per heavy atom. The molecule has 0 aliphatic carbocycles. The standard InChI is InChI=1S/C24H28N4O4S/c1-16-23(13-26-33(30,31)15-19-7-5-4-6-8-19)21-9-10-28(14-20(21)12-25-16)24(29)11-22-17(2)27-32-18(22)3/h4-8,12,26H,9-11,13-15H2,1-3H3. The summed E-state index contributed by atoms with van der Waals surface area (Å²) in [6.07, 6.45) is 2.70. The summed E-state index contributed by atoms with van der Waals surface area (Å²) in [6.45, 7) is 6.74. The van der Waals surface area contributed by atoms with Crippen LogP contribution in [0.4, 0.5) is 0 Å². The Morgan fingerprint density at radius 3 is 2.58 bits per heavy atom. The number of sulfonamides is 1. The van der Waals surface area contributed by atoms with Crippen molar-refractivity contribution in [2.45, 2.75) is 52.5 Å². The molecule has 2 aromatic heterocycles. The monoisotopic (exact) mass is 468 g/mol. The second kappa shape index (κ2) is 9.44. The van der Waals surface area contributed by atoms with Gasteiger partial charge in [-0.05, 0) is 49.4 Å². The smallest absolute Gasteiger partial charge is 0.227 e. The lowest BCUT2D eigenvalue weighted by molar-refractivity contribution is -0.131. The number of nitrogens with one attached hydrogen (secondary N) is 1. The molecule has 0 spiro atoms. The van der Waals surface area contributed by atoms with E-state index in [-0.39, 0.29) is 24.6 Å². The number of aromatic nitrogens is 2. The molecule has 0 radical (unpaired) electrons. The van der Waals surface area contributed by atoms with Crippen LogP contribution >= 0.6 is 0 Å². The zero-order valence-electron chi connectivity index (χ0n) is 19.1. The highest BCUT2D eigenvalue weighted by molar-refractivity contribution is 7.88. The number of hydrogen-bond donors (Lipinski definition) is 1. The zero-order valence-corrected chi connectivity index (χ0v) is 19.9. The molecule has 1 aromatic carbocycles. The predicted octanol–water partition coefficient (Wildman–Crippen LogP) is 2.74. The van der Waals surface area contributed by atoms with Crippen molar-refractivity contribution >= 4 is 15.9 Å². The number of hydrogen-bond acceptors (Lipinski definition) is 6. The normalized spacial score (nSPS) is 13.7. The average Bonchev–Trinajstić information content (AvgIpc) is 3.10. The SMILES string of the molecule is Cc1noc(C)c1CC(=O)N1CCc2c(cnc(C)c2CNS(=O)(=O)Cc2ccccc2)C1. The number of pyridine rings is 1. The minimum absolute atomic E-state index is 0.0146. The quantitative estimate of drug-likeness (QED) is 0.572. The van der Waals surface area contributed by atoms with Gasteiger partial charge in [-0.25, -0.2) is 13.1 Å². The zero-order chi connectivity index (χ0) is 23.6. The summed E-state index contributed by atoms with van der Waals surface area (Å²) in [6, 6.07) is 9.10. The molecule has 3 aromatic rings. The first-order valence-electron chi connectivity index (χ1n) is 10.9. The highest BCUT2D eigenvalue weighted by Gasteiger charge is 2.26. The Balaban J connectivity index is 1.46. The Hall–Kier alpha value is -3.04. The van der Waals surface area contributed by atoms with Gasteiger partial charge in [-0.1, -0.05) is 35.5 Å². The van der Waals surface area contributed by atoms with Crippen LogP contribution in [0.25, 0.3) is 0 Å². The van der Waals surface area contributed by atoms with E-state index in [1.807, 2.05) is 43.9 Å². The Bertz CT molecular complexity index is 1250. The van der Waals surface area contributed by atoms with Crippen LogP contribution in [0.1, 0.15) is 45.0 Å². The van der Waals surface area contributed by atoms with E-state index in [4.69, 9.17) is 4.52 Å². The highest BCUT2D eigenvalue weighted by Crippen LogP contribution is 2.25. The van der Waals surface area contributed by atoms with Crippen LogP contribution in [0.15, 0.2) is 41.1 Å². The maximum absolute atomic E-state index is 12.9. The van der Waals surface area contributed by atoms with Crippen molar-refractivity contribution in [3.63, 3.8) is 0 Å².